The molecule has 3 aromatic rings. The van der Waals surface area contributed by atoms with E-state index < -0.39 is 29.7 Å². The number of carbonyl (C=O) groups excluding carboxylic acids is 2. The highest BCUT2D eigenvalue weighted by Gasteiger charge is 2.55. The number of carbonyl (C=O) groups is 2. The normalized spacial score (nSPS) is 20.1. The maximum absolute atomic E-state index is 14.0. The number of aryl methyl sites for hydroxylation is 2. The zero-order chi connectivity index (χ0) is 21.7. The molecule has 0 bridgehead atoms. The minimum atomic E-state index is -0.989. The molecule has 1 aromatic heterocycles. The molecule has 3 heterocycles. The smallest absolute Gasteiger partial charge is 0.263 e. The summed E-state index contributed by atoms with van der Waals surface area (Å²) in [5, 5.41) is 13.2. The number of halogens is 1. The summed E-state index contributed by atoms with van der Waals surface area (Å²) in [6.07, 6.45) is 0. The summed E-state index contributed by atoms with van der Waals surface area (Å²) in [6, 6.07) is 9.93. The molecule has 0 spiro atoms. The van der Waals surface area contributed by atoms with Crippen LogP contribution >= 0.6 is 0 Å². The Hall–Kier alpha value is -3.95. The van der Waals surface area contributed by atoms with E-state index in [1.54, 1.807) is 6.92 Å². The molecule has 0 aliphatic carbocycles. The number of anilines is 1. The molecule has 0 N–H and O–H groups in total. The van der Waals surface area contributed by atoms with Crippen LogP contribution < -0.4 is 4.90 Å². The van der Waals surface area contributed by atoms with Crippen LogP contribution in [0.25, 0.3) is 11.4 Å². The summed E-state index contributed by atoms with van der Waals surface area (Å²) in [5.41, 5.74) is 2.49. The molecule has 2 atom stereocenters. The molecule has 9 nitrogen and oxygen atoms in total. The average Bonchev–Trinajstić information content (AvgIpc) is 3.44. The maximum Gasteiger partial charge on any atom is 0.263 e. The molecule has 156 valence electrons. The quantitative estimate of drug-likeness (QED) is 0.601. The van der Waals surface area contributed by atoms with Crippen LogP contribution in [0.4, 0.5) is 10.1 Å². The van der Waals surface area contributed by atoms with Crippen molar-refractivity contribution in [2.45, 2.75) is 32.5 Å². The number of imide groups is 1. The molecular weight excluding hydrogens is 403 g/mol. The summed E-state index contributed by atoms with van der Waals surface area (Å²) < 4.78 is 19.3. The number of fused-ring (bicyclic) bond motifs is 1. The molecule has 10 heteroatoms. The lowest BCUT2D eigenvalue weighted by atomic mass is 10.1. The Bertz CT molecular complexity index is 1220. The minimum Gasteiger partial charge on any atom is -0.337 e. The van der Waals surface area contributed by atoms with Crippen LogP contribution in [0.1, 0.15) is 17.0 Å². The monoisotopic (exact) mass is 420 g/mol. The second kappa shape index (κ2) is 7.08. The van der Waals surface area contributed by atoms with Crippen LogP contribution in [-0.4, -0.2) is 39.0 Å². The van der Waals surface area contributed by atoms with Crippen LogP contribution in [0.3, 0.4) is 0 Å². The van der Waals surface area contributed by atoms with Gasteiger partial charge < -0.3 is 4.52 Å². The van der Waals surface area contributed by atoms with Crippen molar-refractivity contribution < 1.29 is 18.5 Å². The molecule has 31 heavy (non-hydrogen) atoms. The molecule has 1 fully saturated rings. The van der Waals surface area contributed by atoms with Gasteiger partial charge in [0.05, 0.1) is 5.69 Å². The Morgan fingerprint density at radius 1 is 1.06 bits per heavy atom. The van der Waals surface area contributed by atoms with Gasteiger partial charge in [-0.1, -0.05) is 46.3 Å². The van der Waals surface area contributed by atoms with E-state index in [9.17, 15) is 14.0 Å². The molecule has 0 saturated carbocycles. The fourth-order valence-corrected chi connectivity index (χ4v) is 3.61. The lowest BCUT2D eigenvalue weighted by molar-refractivity contribution is -0.123. The Balaban J connectivity index is 1.36. The highest BCUT2D eigenvalue weighted by molar-refractivity contribution is 6.25. The molecule has 1 saturated heterocycles. The van der Waals surface area contributed by atoms with Gasteiger partial charge in [-0.25, -0.2) is 9.29 Å². The maximum atomic E-state index is 14.0. The minimum absolute atomic E-state index is 0.0125. The van der Waals surface area contributed by atoms with E-state index in [-0.39, 0.29) is 18.1 Å². The van der Waals surface area contributed by atoms with Gasteiger partial charge in [-0.2, -0.15) is 10.1 Å². The summed E-state index contributed by atoms with van der Waals surface area (Å²) >= 11 is 0. The number of aromatic nitrogens is 2. The van der Waals surface area contributed by atoms with Crippen molar-refractivity contribution in [1.82, 2.24) is 15.1 Å². The van der Waals surface area contributed by atoms with Gasteiger partial charge in [0, 0.05) is 5.56 Å². The van der Waals surface area contributed by atoms with Crippen molar-refractivity contribution in [3.63, 3.8) is 0 Å². The number of hydrogen-bond donors (Lipinski definition) is 0. The van der Waals surface area contributed by atoms with E-state index in [1.165, 1.54) is 23.2 Å². The molecule has 2 aliphatic heterocycles. The SMILES string of the molecule is Cc1ccc(-c2noc(CN3N=NC4C(=O)N(c5ccc(C)c(F)c5)C(=O)C43)n2)cc1. The molecular formula is C21H17FN6O3. The third-order valence-corrected chi connectivity index (χ3v) is 5.35. The third kappa shape index (κ3) is 3.16. The van der Waals surface area contributed by atoms with E-state index >= 15 is 0 Å². The second-order valence-corrected chi connectivity index (χ2v) is 7.52. The largest absolute Gasteiger partial charge is 0.337 e. The average molecular weight is 420 g/mol. The summed E-state index contributed by atoms with van der Waals surface area (Å²) in [4.78, 5) is 31.1. The van der Waals surface area contributed by atoms with E-state index in [0.29, 0.717) is 11.4 Å². The topological polar surface area (TPSA) is 104 Å². The molecule has 5 rings (SSSR count). The van der Waals surface area contributed by atoms with Gasteiger partial charge in [-0.15, -0.1) is 0 Å². The lowest BCUT2D eigenvalue weighted by Gasteiger charge is -2.19. The summed E-state index contributed by atoms with van der Waals surface area (Å²) in [7, 11) is 0. The number of amides is 2. The van der Waals surface area contributed by atoms with Gasteiger partial charge in [0.2, 0.25) is 11.7 Å². The van der Waals surface area contributed by atoms with Crippen LogP contribution in [0, 0.1) is 19.7 Å². The first-order valence-corrected chi connectivity index (χ1v) is 9.63. The Kier molecular flexibility index (Phi) is 4.35. The van der Waals surface area contributed by atoms with Crippen LogP contribution in [0.15, 0.2) is 57.3 Å². The fourth-order valence-electron chi connectivity index (χ4n) is 3.61. The first-order chi connectivity index (χ1) is 14.9. The Morgan fingerprint density at radius 3 is 2.58 bits per heavy atom. The number of rotatable bonds is 4. The van der Waals surface area contributed by atoms with Crippen molar-refractivity contribution in [3.05, 3.63) is 65.3 Å². The van der Waals surface area contributed by atoms with Gasteiger partial charge in [-0.3, -0.25) is 14.6 Å². The first kappa shape index (κ1) is 19.0. The van der Waals surface area contributed by atoms with Gasteiger partial charge in [0.1, 0.15) is 12.4 Å². The van der Waals surface area contributed by atoms with Crippen molar-refractivity contribution in [1.29, 1.82) is 0 Å². The molecule has 2 aromatic carbocycles. The molecule has 2 aliphatic rings. The number of hydrogen-bond acceptors (Lipinski definition) is 8. The van der Waals surface area contributed by atoms with Gasteiger partial charge >= 0.3 is 0 Å². The molecule has 0 radical (unpaired) electrons. The lowest BCUT2D eigenvalue weighted by Crippen LogP contribution is -2.39. The Morgan fingerprint density at radius 2 is 1.84 bits per heavy atom. The van der Waals surface area contributed by atoms with Crippen LogP contribution in [0.5, 0.6) is 0 Å². The second-order valence-electron chi connectivity index (χ2n) is 7.52. The first-order valence-electron chi connectivity index (χ1n) is 9.63. The Labute approximate surface area is 176 Å². The third-order valence-electron chi connectivity index (χ3n) is 5.35. The molecule has 2 amide bonds. The highest BCUT2D eigenvalue weighted by atomic mass is 19.1. The van der Waals surface area contributed by atoms with Crippen molar-refractivity contribution in [2.24, 2.45) is 10.3 Å². The van der Waals surface area contributed by atoms with Gasteiger partial charge in [-0.05, 0) is 31.5 Å². The standard InChI is InChI=1S/C21H17FN6O3/c1-11-3-6-13(7-4-11)19-23-16(31-25-19)10-27-18-17(24-26-27)20(29)28(21(18)30)14-8-5-12(2)15(22)9-14/h3-9,17-18H,10H2,1-2H3. The van der Waals surface area contributed by atoms with E-state index in [0.717, 1.165) is 16.0 Å². The zero-order valence-corrected chi connectivity index (χ0v) is 16.7. The summed E-state index contributed by atoms with van der Waals surface area (Å²) in [6.45, 7) is 3.60. The fraction of sp³-hybridized carbons (Fsp3) is 0.238. The van der Waals surface area contributed by atoms with Crippen molar-refractivity contribution in [2.75, 3.05) is 4.90 Å². The highest BCUT2D eigenvalue weighted by Crippen LogP contribution is 2.33. The zero-order valence-electron chi connectivity index (χ0n) is 16.7. The van der Waals surface area contributed by atoms with Crippen molar-refractivity contribution >= 4 is 17.5 Å². The predicted molar refractivity (Wildman–Crippen MR) is 106 cm³/mol. The number of nitrogens with zero attached hydrogens (tertiary/aromatic N) is 6. The van der Waals surface area contributed by atoms with Crippen molar-refractivity contribution in [3.8, 4) is 11.4 Å². The summed E-state index contributed by atoms with van der Waals surface area (Å²) in [5.74, 6) is -0.927. The van der Waals surface area contributed by atoms with Gasteiger partial charge in [0.15, 0.2) is 12.1 Å². The van der Waals surface area contributed by atoms with E-state index in [2.05, 4.69) is 20.5 Å². The van der Waals surface area contributed by atoms with Crippen LogP contribution in [0.2, 0.25) is 0 Å². The van der Waals surface area contributed by atoms with Crippen LogP contribution in [-0.2, 0) is 16.1 Å². The molecule has 2 unspecified atom stereocenters. The van der Waals surface area contributed by atoms with E-state index in [4.69, 9.17) is 4.52 Å². The van der Waals surface area contributed by atoms with E-state index in [1.807, 2.05) is 31.2 Å². The predicted octanol–water partition coefficient (Wildman–Crippen LogP) is 2.99. The van der Waals surface area contributed by atoms with Gasteiger partial charge in [0.25, 0.3) is 11.8 Å². The number of benzene rings is 2.